The summed E-state index contributed by atoms with van der Waals surface area (Å²) in [5, 5.41) is 0. The van der Waals surface area contributed by atoms with Crippen molar-refractivity contribution in [2.45, 2.75) is 25.3 Å². The number of nitrogens with zero attached hydrogens (tertiary/aromatic N) is 1. The van der Waals surface area contributed by atoms with Crippen molar-refractivity contribution in [3.8, 4) is 0 Å². The highest BCUT2D eigenvalue weighted by molar-refractivity contribution is 7.53. The molecule has 0 saturated heterocycles. The first kappa shape index (κ1) is 30.2. The van der Waals surface area contributed by atoms with E-state index >= 15 is 0 Å². The minimum absolute atomic E-state index is 0.168. The van der Waals surface area contributed by atoms with Gasteiger partial charge in [0.2, 0.25) is 0 Å². The lowest BCUT2D eigenvalue weighted by molar-refractivity contribution is -0.161. The molecule has 8 heteroatoms. The van der Waals surface area contributed by atoms with Crippen molar-refractivity contribution in [1.29, 1.82) is 0 Å². The van der Waals surface area contributed by atoms with Gasteiger partial charge in [0.1, 0.15) is 6.10 Å². The topological polar surface area (TPSA) is 74.3 Å². The summed E-state index contributed by atoms with van der Waals surface area (Å²) >= 11 is 0. The van der Waals surface area contributed by atoms with Crippen molar-refractivity contribution < 1.29 is 27.9 Å². The Labute approximate surface area is 242 Å². The first-order valence-corrected chi connectivity index (χ1v) is 15.1. The lowest BCUT2D eigenvalue weighted by atomic mass is 10.0. The summed E-state index contributed by atoms with van der Waals surface area (Å²) in [7, 11) is 0.523. The summed E-state index contributed by atoms with van der Waals surface area (Å²) in [4.78, 5) is 15.8. The van der Waals surface area contributed by atoms with Crippen LogP contribution in [0.15, 0.2) is 115 Å². The number of ether oxygens (including phenoxy) is 2. The van der Waals surface area contributed by atoms with Crippen LogP contribution in [-0.4, -0.2) is 33.5 Å². The number of carbonyl (C=O) groups excluding carboxylic acids is 1. The second kappa shape index (κ2) is 14.8. The number of rotatable bonds is 14. The van der Waals surface area contributed by atoms with Crippen molar-refractivity contribution in [3.63, 3.8) is 0 Å². The molecular formula is C33H36NO6P. The van der Waals surface area contributed by atoms with Gasteiger partial charge in [0.05, 0.1) is 6.16 Å². The lowest BCUT2D eigenvalue weighted by Crippen LogP contribution is -2.27. The van der Waals surface area contributed by atoms with E-state index in [2.05, 4.69) is 29.2 Å². The zero-order valence-electron chi connectivity index (χ0n) is 23.6. The first-order valence-electron chi connectivity index (χ1n) is 13.4. The van der Waals surface area contributed by atoms with Crippen LogP contribution in [-0.2, 0) is 41.0 Å². The molecule has 41 heavy (non-hydrogen) atoms. The van der Waals surface area contributed by atoms with Crippen molar-refractivity contribution >= 4 is 19.3 Å². The Morgan fingerprint density at radius 1 is 0.707 bits per heavy atom. The highest BCUT2D eigenvalue weighted by Crippen LogP contribution is 2.51. The van der Waals surface area contributed by atoms with Crippen molar-refractivity contribution in [3.05, 3.63) is 138 Å². The van der Waals surface area contributed by atoms with E-state index in [1.54, 1.807) is 12.1 Å². The maximum Gasteiger partial charge on any atom is 0.340 e. The van der Waals surface area contributed by atoms with E-state index in [0.29, 0.717) is 24.2 Å². The highest BCUT2D eigenvalue weighted by atomic mass is 31.2. The molecule has 7 nitrogen and oxygen atoms in total. The summed E-state index contributed by atoms with van der Waals surface area (Å²) in [5.41, 5.74) is 4.42. The van der Waals surface area contributed by atoms with Crippen LogP contribution in [0.4, 0.5) is 5.69 Å². The van der Waals surface area contributed by atoms with Gasteiger partial charge in [-0.3, -0.25) is 4.57 Å². The van der Waals surface area contributed by atoms with Gasteiger partial charge in [0.15, 0.2) is 6.10 Å². The number of benzene rings is 4. The fourth-order valence-electron chi connectivity index (χ4n) is 4.71. The second-order valence-corrected chi connectivity index (χ2v) is 11.8. The zero-order chi connectivity index (χ0) is 29.1. The molecule has 0 amide bonds. The van der Waals surface area contributed by atoms with Gasteiger partial charge in [-0.15, -0.1) is 0 Å². The molecule has 214 valence electrons. The molecule has 0 spiro atoms. The van der Waals surface area contributed by atoms with Gasteiger partial charge < -0.3 is 23.4 Å². The molecule has 0 saturated carbocycles. The number of anilines is 1. The quantitative estimate of drug-likeness (QED) is 0.115. The molecule has 4 rings (SSSR count). The third-order valence-corrected chi connectivity index (χ3v) is 8.70. The molecule has 0 aliphatic carbocycles. The molecule has 0 aliphatic rings. The number of methoxy groups -OCH3 is 1. The molecule has 0 radical (unpaired) electrons. The summed E-state index contributed by atoms with van der Waals surface area (Å²) in [6.45, 7) is 1.20. The molecule has 4 aromatic rings. The molecule has 0 heterocycles. The number of hydrogen-bond acceptors (Lipinski definition) is 7. The molecule has 0 fully saturated rings. The minimum atomic E-state index is -3.59. The van der Waals surface area contributed by atoms with Crippen LogP contribution in [0.3, 0.4) is 0 Å². The largest absolute Gasteiger partial charge is 0.455 e. The van der Waals surface area contributed by atoms with E-state index in [1.807, 2.05) is 78.9 Å². The molecule has 4 aromatic carbocycles. The third kappa shape index (κ3) is 8.15. The Morgan fingerprint density at radius 2 is 1.20 bits per heavy atom. The van der Waals surface area contributed by atoms with E-state index in [1.165, 1.54) is 21.3 Å². The number of esters is 1. The van der Waals surface area contributed by atoms with Gasteiger partial charge in [-0.1, -0.05) is 109 Å². The number of para-hydroxylation sites is 1. The first-order chi connectivity index (χ1) is 20.0. The van der Waals surface area contributed by atoms with Crippen molar-refractivity contribution in [1.82, 2.24) is 0 Å². The van der Waals surface area contributed by atoms with Crippen LogP contribution in [0.1, 0.15) is 34.5 Å². The number of hydrogen-bond donors (Lipinski definition) is 0. The Hall–Kier alpha value is -3.74. The summed E-state index contributed by atoms with van der Waals surface area (Å²) < 4.78 is 35.6. The lowest BCUT2D eigenvalue weighted by Gasteiger charge is -2.31. The zero-order valence-corrected chi connectivity index (χ0v) is 24.5. The average Bonchev–Trinajstić information content (AvgIpc) is 3.02. The van der Waals surface area contributed by atoms with E-state index in [-0.39, 0.29) is 6.16 Å². The molecular weight excluding hydrogens is 537 g/mol. The molecule has 0 bridgehead atoms. The SMILES string of the molecule is CO[C@H](C(=O)O[C@@H](CP(=O)(OC)OC)c1ccccc1N(Cc1ccccc1)Cc1ccccc1)c1ccccc1. The highest BCUT2D eigenvalue weighted by Gasteiger charge is 2.34. The smallest absolute Gasteiger partial charge is 0.340 e. The molecule has 2 atom stereocenters. The summed E-state index contributed by atoms with van der Waals surface area (Å²) in [6.07, 6.45) is -2.07. The molecule has 0 unspecified atom stereocenters. The number of carbonyl (C=O) groups is 1. The third-order valence-electron chi connectivity index (χ3n) is 6.81. The fourth-order valence-corrected chi connectivity index (χ4v) is 5.83. The Balaban J connectivity index is 1.75. The van der Waals surface area contributed by atoms with E-state index in [0.717, 1.165) is 16.8 Å². The van der Waals surface area contributed by atoms with Crippen LogP contribution < -0.4 is 4.90 Å². The monoisotopic (exact) mass is 573 g/mol. The molecule has 0 aliphatic heterocycles. The standard InChI is InChI=1S/C33H36NO6P/c1-37-32(28-19-11-6-12-20-28)33(35)40-31(25-41(36,38-2)39-3)29-21-13-14-22-30(29)34(23-26-15-7-4-8-16-26)24-27-17-9-5-10-18-27/h4-22,31-32H,23-25H2,1-3H3/t31-,32-/m0/s1. The fraction of sp³-hybridized carbons (Fsp3) is 0.242. The van der Waals surface area contributed by atoms with Crippen LogP contribution in [0, 0.1) is 0 Å². The predicted octanol–water partition coefficient (Wildman–Crippen LogP) is 7.35. The van der Waals surface area contributed by atoms with Gasteiger partial charge in [0.25, 0.3) is 0 Å². The average molecular weight is 574 g/mol. The Kier molecular flexibility index (Phi) is 10.9. The Morgan fingerprint density at radius 3 is 1.71 bits per heavy atom. The van der Waals surface area contributed by atoms with E-state index in [4.69, 9.17) is 18.5 Å². The van der Waals surface area contributed by atoms with Crippen LogP contribution in [0.2, 0.25) is 0 Å². The maximum atomic E-state index is 13.6. The van der Waals surface area contributed by atoms with E-state index in [9.17, 15) is 9.36 Å². The molecule has 0 N–H and O–H groups in total. The predicted molar refractivity (Wildman–Crippen MR) is 161 cm³/mol. The minimum Gasteiger partial charge on any atom is -0.455 e. The maximum absolute atomic E-state index is 13.6. The normalized spacial score (nSPS) is 12.9. The van der Waals surface area contributed by atoms with Gasteiger partial charge >= 0.3 is 13.6 Å². The second-order valence-electron chi connectivity index (χ2n) is 9.50. The van der Waals surface area contributed by atoms with Gasteiger partial charge in [-0.2, -0.15) is 0 Å². The van der Waals surface area contributed by atoms with Gasteiger partial charge in [0, 0.05) is 45.7 Å². The van der Waals surface area contributed by atoms with E-state index < -0.39 is 25.8 Å². The van der Waals surface area contributed by atoms with Crippen LogP contribution >= 0.6 is 7.60 Å². The summed E-state index contributed by atoms with van der Waals surface area (Å²) in [6, 6.07) is 37.1. The van der Waals surface area contributed by atoms with Gasteiger partial charge in [-0.05, 0) is 22.8 Å². The summed E-state index contributed by atoms with van der Waals surface area (Å²) in [5.74, 6) is -0.602. The van der Waals surface area contributed by atoms with Crippen molar-refractivity contribution in [2.24, 2.45) is 0 Å². The van der Waals surface area contributed by atoms with Crippen LogP contribution in [0.5, 0.6) is 0 Å². The van der Waals surface area contributed by atoms with Crippen molar-refractivity contribution in [2.75, 3.05) is 32.4 Å². The molecule has 0 aromatic heterocycles. The Bertz CT molecular complexity index is 1370. The van der Waals surface area contributed by atoms with Gasteiger partial charge in [-0.25, -0.2) is 4.79 Å². The van der Waals surface area contributed by atoms with Crippen LogP contribution in [0.25, 0.3) is 0 Å².